The first-order valence-corrected chi connectivity index (χ1v) is 10.0. The maximum Gasteiger partial charge on any atom is 0.205 e. The van der Waals surface area contributed by atoms with Gasteiger partial charge in [0.05, 0.1) is 11.4 Å². The van der Waals surface area contributed by atoms with E-state index in [4.69, 9.17) is 22.1 Å². The molecule has 0 spiro atoms. The standard InChI is InChI=1S/C25H18ClN3O/c1-13-9-14(2)22-16(10-13)11-19(24(26)29-22)21-18-8-7-15-5-3-4-6-17(15)23(18)30-25(28)20(21)12-27/h3-11,21H,28H2,1-2H3. The van der Waals surface area contributed by atoms with Gasteiger partial charge < -0.3 is 10.5 Å². The van der Waals surface area contributed by atoms with Crippen molar-refractivity contribution < 1.29 is 4.74 Å². The second-order valence-corrected chi connectivity index (χ2v) is 8.01. The van der Waals surface area contributed by atoms with Crippen LogP contribution in [0.1, 0.15) is 28.2 Å². The third-order valence-electron chi connectivity index (χ3n) is 5.65. The Labute approximate surface area is 179 Å². The van der Waals surface area contributed by atoms with E-state index in [9.17, 15) is 5.26 Å². The number of benzene rings is 3. The quantitative estimate of drug-likeness (QED) is 0.397. The van der Waals surface area contributed by atoms with Gasteiger partial charge >= 0.3 is 0 Å². The molecule has 5 rings (SSSR count). The molecule has 1 aromatic heterocycles. The zero-order chi connectivity index (χ0) is 21.0. The van der Waals surface area contributed by atoms with Crippen molar-refractivity contribution in [2.45, 2.75) is 19.8 Å². The third-order valence-corrected chi connectivity index (χ3v) is 5.95. The Balaban J connectivity index is 1.83. The van der Waals surface area contributed by atoms with Crippen LogP contribution in [0.3, 0.4) is 0 Å². The summed E-state index contributed by atoms with van der Waals surface area (Å²) in [4.78, 5) is 4.67. The minimum absolute atomic E-state index is 0.0999. The molecule has 1 aliphatic heterocycles. The topological polar surface area (TPSA) is 71.9 Å². The summed E-state index contributed by atoms with van der Waals surface area (Å²) in [5.41, 5.74) is 11.2. The summed E-state index contributed by atoms with van der Waals surface area (Å²) >= 11 is 6.68. The Morgan fingerprint density at radius 1 is 1.03 bits per heavy atom. The number of halogens is 1. The van der Waals surface area contributed by atoms with Crippen LogP contribution in [0.25, 0.3) is 21.7 Å². The predicted octanol–water partition coefficient (Wildman–Crippen LogP) is 5.88. The molecule has 0 fully saturated rings. The van der Waals surface area contributed by atoms with Crippen molar-refractivity contribution in [2.75, 3.05) is 0 Å². The number of nitriles is 1. The van der Waals surface area contributed by atoms with E-state index in [1.807, 2.05) is 49.4 Å². The van der Waals surface area contributed by atoms with Crippen LogP contribution in [0.2, 0.25) is 5.15 Å². The van der Waals surface area contributed by atoms with Gasteiger partial charge in [-0.05, 0) is 36.9 Å². The fourth-order valence-corrected chi connectivity index (χ4v) is 4.60. The van der Waals surface area contributed by atoms with Crippen LogP contribution in [-0.2, 0) is 0 Å². The molecule has 0 saturated carbocycles. The van der Waals surface area contributed by atoms with Crippen molar-refractivity contribution in [3.63, 3.8) is 0 Å². The highest BCUT2D eigenvalue weighted by atomic mass is 35.5. The number of fused-ring (bicyclic) bond motifs is 4. The van der Waals surface area contributed by atoms with Crippen LogP contribution in [0.5, 0.6) is 5.75 Å². The molecule has 4 aromatic rings. The van der Waals surface area contributed by atoms with E-state index in [0.29, 0.717) is 16.5 Å². The van der Waals surface area contributed by atoms with Crippen LogP contribution < -0.4 is 10.5 Å². The number of nitrogens with two attached hydrogens (primary N) is 1. The number of hydrogen-bond acceptors (Lipinski definition) is 4. The first kappa shape index (κ1) is 18.5. The number of ether oxygens (including phenoxy) is 1. The largest absolute Gasteiger partial charge is 0.440 e. The number of pyridine rings is 1. The van der Waals surface area contributed by atoms with E-state index >= 15 is 0 Å². The Kier molecular flexibility index (Phi) is 4.16. The zero-order valence-electron chi connectivity index (χ0n) is 16.5. The van der Waals surface area contributed by atoms with Crippen molar-refractivity contribution in [1.29, 1.82) is 5.26 Å². The average Bonchev–Trinajstić information content (AvgIpc) is 2.73. The summed E-state index contributed by atoms with van der Waals surface area (Å²) in [6, 6.07) is 20.4. The van der Waals surface area contributed by atoms with Gasteiger partial charge in [-0.2, -0.15) is 5.26 Å². The lowest BCUT2D eigenvalue weighted by molar-refractivity contribution is 0.398. The molecule has 3 aromatic carbocycles. The predicted molar refractivity (Wildman–Crippen MR) is 119 cm³/mol. The fraction of sp³-hybridized carbons (Fsp3) is 0.120. The Hall–Kier alpha value is -3.55. The zero-order valence-corrected chi connectivity index (χ0v) is 17.3. The molecule has 0 aliphatic carbocycles. The molecule has 30 heavy (non-hydrogen) atoms. The molecule has 0 radical (unpaired) electrons. The summed E-state index contributed by atoms with van der Waals surface area (Å²) in [6.07, 6.45) is 0. The second kappa shape index (κ2) is 6.76. The molecule has 2 heterocycles. The third kappa shape index (κ3) is 2.71. The molecule has 2 N–H and O–H groups in total. The van der Waals surface area contributed by atoms with Crippen molar-refractivity contribution >= 4 is 33.3 Å². The molecule has 146 valence electrons. The summed E-state index contributed by atoms with van der Waals surface area (Å²) in [5, 5.41) is 13.2. The van der Waals surface area contributed by atoms with Gasteiger partial charge in [-0.15, -0.1) is 0 Å². The average molecular weight is 412 g/mol. The van der Waals surface area contributed by atoms with Crippen LogP contribution in [0.15, 0.2) is 66.1 Å². The van der Waals surface area contributed by atoms with Crippen molar-refractivity contribution in [3.05, 3.63) is 93.5 Å². The van der Waals surface area contributed by atoms with Gasteiger partial charge in [-0.25, -0.2) is 4.98 Å². The lowest BCUT2D eigenvalue weighted by Gasteiger charge is -2.28. The first-order chi connectivity index (χ1) is 14.5. The molecule has 0 bridgehead atoms. The van der Waals surface area contributed by atoms with Gasteiger partial charge in [0.1, 0.15) is 22.5 Å². The van der Waals surface area contributed by atoms with E-state index in [-0.39, 0.29) is 5.88 Å². The number of rotatable bonds is 1. The normalized spacial score (nSPS) is 15.7. The van der Waals surface area contributed by atoms with Crippen LogP contribution in [0, 0.1) is 25.2 Å². The summed E-state index contributed by atoms with van der Waals surface area (Å²) in [7, 11) is 0. The van der Waals surface area contributed by atoms with Crippen molar-refractivity contribution in [2.24, 2.45) is 5.73 Å². The molecule has 1 unspecified atom stereocenters. The van der Waals surface area contributed by atoms with E-state index < -0.39 is 5.92 Å². The fourth-order valence-electron chi connectivity index (χ4n) is 4.35. The lowest BCUT2D eigenvalue weighted by Crippen LogP contribution is -2.21. The molecule has 0 amide bonds. The number of aromatic nitrogens is 1. The summed E-state index contributed by atoms with van der Waals surface area (Å²) in [6.45, 7) is 4.07. The highest BCUT2D eigenvalue weighted by Crippen LogP contribution is 2.47. The molecule has 0 saturated heterocycles. The highest BCUT2D eigenvalue weighted by Gasteiger charge is 2.33. The number of hydrogen-bond donors (Lipinski definition) is 1. The number of nitrogens with zero attached hydrogens (tertiary/aromatic N) is 2. The second-order valence-electron chi connectivity index (χ2n) is 7.65. The Bertz CT molecular complexity index is 1430. The summed E-state index contributed by atoms with van der Waals surface area (Å²) < 4.78 is 5.94. The monoisotopic (exact) mass is 411 g/mol. The van der Waals surface area contributed by atoms with E-state index in [1.165, 1.54) is 0 Å². The van der Waals surface area contributed by atoms with Crippen LogP contribution in [-0.4, -0.2) is 4.98 Å². The molecule has 1 atom stereocenters. The van der Waals surface area contributed by atoms with Crippen LogP contribution >= 0.6 is 11.6 Å². The van der Waals surface area contributed by atoms with E-state index in [1.54, 1.807) is 0 Å². The highest BCUT2D eigenvalue weighted by molar-refractivity contribution is 6.30. The van der Waals surface area contributed by atoms with Crippen molar-refractivity contribution in [3.8, 4) is 11.8 Å². The van der Waals surface area contributed by atoms with Gasteiger partial charge in [0.15, 0.2) is 0 Å². The molecule has 4 nitrogen and oxygen atoms in total. The molecule has 5 heteroatoms. The van der Waals surface area contributed by atoms with Gasteiger partial charge in [0.2, 0.25) is 5.88 Å². The lowest BCUT2D eigenvalue weighted by atomic mass is 9.82. The molecular weight excluding hydrogens is 394 g/mol. The Morgan fingerprint density at radius 2 is 1.83 bits per heavy atom. The van der Waals surface area contributed by atoms with Gasteiger partial charge in [0.25, 0.3) is 0 Å². The summed E-state index contributed by atoms with van der Waals surface area (Å²) in [5.74, 6) is 0.308. The van der Waals surface area contributed by atoms with Gasteiger partial charge in [-0.1, -0.05) is 59.6 Å². The van der Waals surface area contributed by atoms with E-state index in [2.05, 4.69) is 30.1 Å². The molecular formula is C25H18ClN3O. The molecule has 1 aliphatic rings. The SMILES string of the molecule is Cc1cc(C)c2nc(Cl)c(C3C(C#N)=C(N)Oc4c3ccc3ccccc43)cc2c1. The number of aryl methyl sites for hydroxylation is 2. The number of allylic oxidation sites excluding steroid dienone is 1. The maximum absolute atomic E-state index is 9.89. The van der Waals surface area contributed by atoms with Gasteiger partial charge in [0, 0.05) is 21.9 Å². The van der Waals surface area contributed by atoms with Gasteiger partial charge in [-0.3, -0.25) is 0 Å². The minimum atomic E-state index is -0.450. The smallest absolute Gasteiger partial charge is 0.205 e. The van der Waals surface area contributed by atoms with Crippen molar-refractivity contribution in [1.82, 2.24) is 4.98 Å². The Morgan fingerprint density at radius 3 is 2.63 bits per heavy atom. The van der Waals surface area contributed by atoms with E-state index in [0.717, 1.165) is 43.9 Å². The van der Waals surface area contributed by atoms with Crippen LogP contribution in [0.4, 0.5) is 0 Å². The maximum atomic E-state index is 9.89. The minimum Gasteiger partial charge on any atom is -0.440 e. The first-order valence-electron chi connectivity index (χ1n) is 9.64.